The summed E-state index contributed by atoms with van der Waals surface area (Å²) in [5.74, 6) is 0.512. The first-order chi connectivity index (χ1) is 14.6. The van der Waals surface area contributed by atoms with Crippen molar-refractivity contribution in [1.82, 2.24) is 24.5 Å². The molecule has 0 aliphatic carbocycles. The first-order valence-electron chi connectivity index (χ1n) is 10.5. The summed E-state index contributed by atoms with van der Waals surface area (Å²) in [7, 11) is 0. The number of hydrogen-bond donors (Lipinski definition) is 1. The second-order valence-electron chi connectivity index (χ2n) is 7.28. The molecule has 0 amide bonds. The van der Waals surface area contributed by atoms with Gasteiger partial charge in [-0.25, -0.2) is 0 Å². The lowest BCUT2D eigenvalue weighted by atomic mass is 10.1. The van der Waals surface area contributed by atoms with Gasteiger partial charge in [-0.15, -0.1) is 17.5 Å². The third-order valence-corrected chi connectivity index (χ3v) is 5.44. The van der Waals surface area contributed by atoms with Crippen LogP contribution in [-0.2, 0) is 27.2 Å². The highest BCUT2D eigenvalue weighted by Gasteiger charge is 2.26. The number of carbonyl (C=O) groups is 1. The van der Waals surface area contributed by atoms with Gasteiger partial charge >= 0.3 is 5.97 Å². The van der Waals surface area contributed by atoms with E-state index in [1.54, 1.807) is 11.5 Å². The highest BCUT2D eigenvalue weighted by molar-refractivity contribution is 5.85. The second-order valence-corrected chi connectivity index (χ2v) is 7.28. The first-order valence-corrected chi connectivity index (χ1v) is 10.5. The van der Waals surface area contributed by atoms with Crippen molar-refractivity contribution >= 4 is 35.4 Å². The molecule has 0 atom stereocenters. The Morgan fingerprint density at radius 1 is 1.29 bits per heavy atom. The van der Waals surface area contributed by atoms with Gasteiger partial charge in [0.1, 0.15) is 12.2 Å². The molecule has 2 aliphatic heterocycles. The maximum Gasteiger partial charge on any atom is 0.326 e. The monoisotopic (exact) mass is 452 g/mol. The number of fused-ring (bicyclic) bond motifs is 1. The molecule has 0 spiro atoms. The van der Waals surface area contributed by atoms with Gasteiger partial charge < -0.3 is 24.3 Å². The van der Waals surface area contributed by atoms with Gasteiger partial charge in [0.05, 0.1) is 25.5 Å². The second kappa shape index (κ2) is 10.3. The average molecular weight is 453 g/mol. The molecule has 0 radical (unpaired) electrons. The van der Waals surface area contributed by atoms with E-state index < -0.39 is 0 Å². The van der Waals surface area contributed by atoms with Crippen LogP contribution in [0.1, 0.15) is 31.8 Å². The fourth-order valence-electron chi connectivity index (χ4n) is 4.02. The molecular weight excluding hydrogens is 424 g/mol. The molecule has 170 valence electrons. The van der Waals surface area contributed by atoms with Gasteiger partial charge in [0.15, 0.2) is 5.82 Å². The lowest BCUT2D eigenvalue weighted by Crippen LogP contribution is -2.47. The zero-order chi connectivity index (χ0) is 21.1. The van der Waals surface area contributed by atoms with E-state index in [-0.39, 0.29) is 30.5 Å². The van der Waals surface area contributed by atoms with Crippen molar-refractivity contribution in [2.45, 2.75) is 33.2 Å². The summed E-state index contributed by atoms with van der Waals surface area (Å²) in [6.45, 7) is 8.18. The Balaban J connectivity index is 0.00000272. The van der Waals surface area contributed by atoms with Crippen molar-refractivity contribution in [3.8, 4) is 0 Å². The van der Waals surface area contributed by atoms with Crippen molar-refractivity contribution in [2.75, 3.05) is 50.9 Å². The molecule has 2 aliphatic rings. The largest absolute Gasteiger partial charge is 0.465 e. The fraction of sp³-hybridized carbons (Fsp3) is 0.600. The van der Waals surface area contributed by atoms with Gasteiger partial charge in [-0.2, -0.15) is 9.50 Å². The third-order valence-electron chi connectivity index (χ3n) is 5.44. The molecule has 10 nitrogen and oxygen atoms in total. The standard InChI is InChI=1S/C20H28N6O4.ClH/c1-3-15-17(24-9-7-21-8-10-24)19(28)26-20(25(15)13-16(27)30-4-2)22-18(23-26)14-5-11-29-12-6-14;/h5,21H,3-4,6-13H2,1-2H3;1H. The van der Waals surface area contributed by atoms with Gasteiger partial charge in [-0.3, -0.25) is 9.59 Å². The molecule has 1 saturated heterocycles. The van der Waals surface area contributed by atoms with Crippen LogP contribution in [0.25, 0.3) is 11.4 Å². The number of aromatic nitrogens is 4. The van der Waals surface area contributed by atoms with E-state index in [0.29, 0.717) is 50.0 Å². The van der Waals surface area contributed by atoms with Crippen molar-refractivity contribution in [2.24, 2.45) is 0 Å². The molecule has 1 fully saturated rings. The number of halogens is 1. The maximum atomic E-state index is 13.5. The lowest BCUT2D eigenvalue weighted by Gasteiger charge is -2.31. The number of nitrogens with one attached hydrogen (secondary N) is 1. The molecule has 2 aromatic heterocycles. The Hall–Kier alpha value is -2.43. The van der Waals surface area contributed by atoms with Crippen molar-refractivity contribution in [1.29, 1.82) is 0 Å². The number of ether oxygens (including phenoxy) is 2. The summed E-state index contributed by atoms with van der Waals surface area (Å²) < 4.78 is 13.7. The molecule has 0 unspecified atom stereocenters. The third kappa shape index (κ3) is 4.60. The van der Waals surface area contributed by atoms with Gasteiger partial charge in [0, 0.05) is 26.2 Å². The Bertz CT molecular complexity index is 1020. The first kappa shape index (κ1) is 23.2. The van der Waals surface area contributed by atoms with Crippen LogP contribution in [0.15, 0.2) is 10.9 Å². The molecule has 0 bridgehead atoms. The zero-order valence-corrected chi connectivity index (χ0v) is 18.7. The van der Waals surface area contributed by atoms with Gasteiger partial charge in [-0.1, -0.05) is 13.0 Å². The van der Waals surface area contributed by atoms with Crippen LogP contribution >= 0.6 is 12.4 Å². The summed E-state index contributed by atoms with van der Waals surface area (Å²) in [4.78, 5) is 32.6. The van der Waals surface area contributed by atoms with E-state index in [9.17, 15) is 9.59 Å². The van der Waals surface area contributed by atoms with E-state index in [4.69, 9.17) is 9.47 Å². The molecule has 11 heteroatoms. The number of esters is 1. The number of piperazine rings is 1. The van der Waals surface area contributed by atoms with Crippen LogP contribution in [0.3, 0.4) is 0 Å². The lowest BCUT2D eigenvalue weighted by molar-refractivity contribution is -0.143. The van der Waals surface area contributed by atoms with Crippen LogP contribution in [0.4, 0.5) is 5.69 Å². The van der Waals surface area contributed by atoms with Crippen LogP contribution in [0, 0.1) is 0 Å². The molecule has 31 heavy (non-hydrogen) atoms. The Labute approximate surface area is 186 Å². The summed E-state index contributed by atoms with van der Waals surface area (Å²) >= 11 is 0. The summed E-state index contributed by atoms with van der Waals surface area (Å²) in [5.41, 5.74) is 2.12. The summed E-state index contributed by atoms with van der Waals surface area (Å²) in [6, 6.07) is 0. The van der Waals surface area contributed by atoms with E-state index in [1.807, 2.05) is 13.0 Å². The smallest absolute Gasteiger partial charge is 0.326 e. The topological polar surface area (TPSA) is 103 Å². The molecular formula is C20H29ClN6O4. The highest BCUT2D eigenvalue weighted by atomic mass is 35.5. The minimum Gasteiger partial charge on any atom is -0.465 e. The normalized spacial score (nSPS) is 16.7. The number of hydrogen-bond acceptors (Lipinski definition) is 8. The van der Waals surface area contributed by atoms with Crippen LogP contribution < -0.4 is 15.8 Å². The summed E-state index contributed by atoms with van der Waals surface area (Å²) in [6.07, 6.45) is 3.22. The Morgan fingerprint density at radius 2 is 2.06 bits per heavy atom. The predicted molar refractivity (Wildman–Crippen MR) is 119 cm³/mol. The number of anilines is 1. The average Bonchev–Trinajstić information content (AvgIpc) is 3.23. The van der Waals surface area contributed by atoms with E-state index >= 15 is 0 Å². The van der Waals surface area contributed by atoms with E-state index in [0.717, 1.165) is 37.4 Å². The Kier molecular flexibility index (Phi) is 7.69. The number of carbonyl (C=O) groups excluding carboxylic acids is 1. The quantitative estimate of drug-likeness (QED) is 0.637. The zero-order valence-electron chi connectivity index (χ0n) is 17.9. The minimum absolute atomic E-state index is 0. The summed E-state index contributed by atoms with van der Waals surface area (Å²) in [5, 5.41) is 7.85. The van der Waals surface area contributed by atoms with Gasteiger partial charge in [0.25, 0.3) is 5.56 Å². The molecule has 2 aromatic rings. The van der Waals surface area contributed by atoms with Crippen LogP contribution in [0.5, 0.6) is 0 Å². The van der Waals surface area contributed by atoms with Gasteiger partial charge in [-0.05, 0) is 25.3 Å². The highest BCUT2D eigenvalue weighted by Crippen LogP contribution is 2.23. The van der Waals surface area contributed by atoms with Crippen molar-refractivity contribution in [3.63, 3.8) is 0 Å². The van der Waals surface area contributed by atoms with Gasteiger partial charge in [0.2, 0.25) is 5.78 Å². The Morgan fingerprint density at radius 3 is 2.71 bits per heavy atom. The van der Waals surface area contributed by atoms with Crippen LogP contribution in [0.2, 0.25) is 0 Å². The number of nitrogens with zero attached hydrogens (tertiary/aromatic N) is 5. The molecule has 0 aromatic carbocycles. The molecule has 4 rings (SSSR count). The van der Waals surface area contributed by atoms with E-state index in [1.165, 1.54) is 4.52 Å². The molecule has 1 N–H and O–H groups in total. The maximum absolute atomic E-state index is 13.5. The molecule has 0 saturated carbocycles. The minimum atomic E-state index is -0.362. The number of rotatable bonds is 6. The van der Waals surface area contributed by atoms with Crippen molar-refractivity contribution in [3.05, 3.63) is 27.9 Å². The predicted octanol–water partition coefficient (Wildman–Crippen LogP) is 0.652. The van der Waals surface area contributed by atoms with Crippen LogP contribution in [-0.4, -0.2) is 71.1 Å². The van der Waals surface area contributed by atoms with Crippen molar-refractivity contribution < 1.29 is 14.3 Å². The fourth-order valence-corrected chi connectivity index (χ4v) is 4.02. The SMILES string of the molecule is CCOC(=O)Cn1c(CC)c(N2CCNCC2)c(=O)n2nc(C3=CCOCC3)nc12.Cl. The van der Waals surface area contributed by atoms with E-state index in [2.05, 4.69) is 20.3 Å². The molecule has 4 heterocycles.